The maximum Gasteiger partial charge on any atom is 0.0725 e. The molecule has 300 valence electrons. The lowest BCUT2D eigenvalue weighted by Crippen LogP contribution is -2.26. The van der Waals surface area contributed by atoms with Gasteiger partial charge in [-0.1, -0.05) is 207 Å². The van der Waals surface area contributed by atoms with E-state index in [4.69, 9.17) is 0 Å². The maximum absolute atomic E-state index is 3.99. The molecule has 0 radical (unpaired) electrons. The van der Waals surface area contributed by atoms with Crippen molar-refractivity contribution in [1.29, 1.82) is 0 Å². The number of anilines is 3. The van der Waals surface area contributed by atoms with Gasteiger partial charge in [-0.25, -0.2) is 0 Å². The highest BCUT2D eigenvalue weighted by atomic mass is 15.1. The summed E-state index contributed by atoms with van der Waals surface area (Å²) >= 11 is 0. The minimum Gasteiger partial charge on any atom is -0.310 e. The Hall–Kier alpha value is -8.26. The minimum absolute atomic E-state index is 0.477. The third-order valence-corrected chi connectivity index (χ3v) is 13.5. The summed E-state index contributed by atoms with van der Waals surface area (Å²) in [5.74, 6) is 0. The Morgan fingerprint density at radius 2 is 0.656 bits per heavy atom. The van der Waals surface area contributed by atoms with Crippen LogP contribution in [0.4, 0.5) is 17.1 Å². The van der Waals surface area contributed by atoms with Crippen LogP contribution in [-0.4, -0.2) is 0 Å². The summed E-state index contributed by atoms with van der Waals surface area (Å²) in [6, 6.07) is 89.3. The van der Waals surface area contributed by atoms with Crippen molar-refractivity contribution in [2.75, 3.05) is 4.90 Å². The van der Waals surface area contributed by atoms with Crippen LogP contribution in [-0.2, 0) is 5.41 Å². The molecular formula is C63H43N. The largest absolute Gasteiger partial charge is 0.310 e. The molecule has 1 heteroatoms. The Balaban J connectivity index is 1.01. The van der Waals surface area contributed by atoms with E-state index in [0.717, 1.165) is 22.6 Å². The van der Waals surface area contributed by atoms with Crippen LogP contribution in [0.15, 0.2) is 249 Å². The molecule has 1 atom stereocenters. The minimum atomic E-state index is -0.477. The molecule has 1 nitrogen and oxygen atoms in total. The van der Waals surface area contributed by atoms with Crippen LogP contribution >= 0.6 is 0 Å². The standard InChI is InChI=1S/C63H43N/c1-2-43-24-26-48(27-25-43)50-32-38-57-55-20-9-11-22-59(55)63(61(57)41-50)60-23-12-10-21-56(60)58-39-33-51(42-62(58)63)49-18-13-19-54(40-49)64(52-34-28-46(29-35-52)44-14-5-3-6-15-44)53-36-30-47(31-37-53)45-16-7-4-8-17-45/h2-42H,1H2. The molecule has 0 aliphatic heterocycles. The van der Waals surface area contributed by atoms with Crippen molar-refractivity contribution in [2.45, 2.75) is 5.41 Å². The quantitative estimate of drug-likeness (QED) is 0.148. The van der Waals surface area contributed by atoms with Gasteiger partial charge in [-0.15, -0.1) is 0 Å². The van der Waals surface area contributed by atoms with Crippen molar-refractivity contribution >= 4 is 23.1 Å². The predicted octanol–water partition coefficient (Wildman–Crippen LogP) is 16.8. The molecule has 2 aliphatic rings. The summed E-state index contributed by atoms with van der Waals surface area (Å²) in [5, 5.41) is 0. The first-order valence-corrected chi connectivity index (χ1v) is 22.1. The van der Waals surface area contributed by atoms with E-state index in [1.165, 1.54) is 89.0 Å². The first-order chi connectivity index (χ1) is 31.7. The highest BCUT2D eigenvalue weighted by Gasteiger charge is 2.51. The number of rotatable bonds is 8. The SMILES string of the molecule is C=Cc1ccc(-c2ccc3c(c2)C2(c4ccccc4-3)c3ccccc3-c3ccc(-c4cccc(N(c5ccc(-c6ccccc6)cc5)c5ccc(-c6ccccc6)cc5)c4)cc32)cc1. The molecule has 0 bridgehead atoms. The molecule has 0 heterocycles. The van der Waals surface area contributed by atoms with Crippen LogP contribution in [0.2, 0.25) is 0 Å². The fraction of sp³-hybridized carbons (Fsp3) is 0.0159. The molecule has 0 fully saturated rings. The van der Waals surface area contributed by atoms with Crippen LogP contribution < -0.4 is 4.90 Å². The Morgan fingerprint density at radius 1 is 0.281 bits per heavy atom. The summed E-state index contributed by atoms with van der Waals surface area (Å²) in [4.78, 5) is 2.38. The molecule has 64 heavy (non-hydrogen) atoms. The average Bonchev–Trinajstić information content (AvgIpc) is 3.84. The normalized spacial score (nSPS) is 14.1. The molecule has 10 aromatic rings. The van der Waals surface area contributed by atoms with Crippen LogP contribution in [0.1, 0.15) is 27.8 Å². The van der Waals surface area contributed by atoms with Gasteiger partial charge in [-0.3, -0.25) is 0 Å². The third kappa shape index (κ3) is 6.01. The topological polar surface area (TPSA) is 3.24 Å². The Kier molecular flexibility index (Phi) is 8.95. The molecule has 0 N–H and O–H groups in total. The second-order valence-corrected chi connectivity index (χ2v) is 16.9. The van der Waals surface area contributed by atoms with Gasteiger partial charge in [0.2, 0.25) is 0 Å². The second-order valence-electron chi connectivity index (χ2n) is 16.9. The van der Waals surface area contributed by atoms with E-state index in [2.05, 4.69) is 254 Å². The number of hydrogen-bond acceptors (Lipinski definition) is 1. The molecule has 10 aromatic carbocycles. The van der Waals surface area contributed by atoms with Crippen LogP contribution in [0.25, 0.3) is 72.8 Å². The van der Waals surface area contributed by atoms with Crippen LogP contribution in [0.5, 0.6) is 0 Å². The molecular weight excluding hydrogens is 771 g/mol. The van der Waals surface area contributed by atoms with E-state index >= 15 is 0 Å². The highest BCUT2D eigenvalue weighted by Crippen LogP contribution is 2.63. The fourth-order valence-corrected chi connectivity index (χ4v) is 10.4. The summed E-state index contributed by atoms with van der Waals surface area (Å²) in [6.07, 6.45) is 1.90. The van der Waals surface area contributed by atoms with Crippen molar-refractivity contribution in [3.8, 4) is 66.8 Å². The number of hydrogen-bond donors (Lipinski definition) is 0. The van der Waals surface area contributed by atoms with Gasteiger partial charge in [-0.05, 0) is 143 Å². The van der Waals surface area contributed by atoms with Gasteiger partial charge in [0.25, 0.3) is 0 Å². The molecule has 0 saturated heterocycles. The van der Waals surface area contributed by atoms with Crippen molar-refractivity contribution in [2.24, 2.45) is 0 Å². The maximum atomic E-state index is 3.99. The fourth-order valence-electron chi connectivity index (χ4n) is 10.4. The molecule has 12 rings (SSSR count). The molecule has 0 amide bonds. The monoisotopic (exact) mass is 813 g/mol. The van der Waals surface area contributed by atoms with Crippen molar-refractivity contribution in [1.82, 2.24) is 0 Å². The molecule has 2 aliphatic carbocycles. The summed E-state index contributed by atoms with van der Waals surface area (Å²) < 4.78 is 0. The first kappa shape index (κ1) is 37.5. The number of nitrogens with zero attached hydrogens (tertiary/aromatic N) is 1. The average molecular weight is 814 g/mol. The van der Waals surface area contributed by atoms with E-state index in [1.54, 1.807) is 0 Å². The molecule has 1 unspecified atom stereocenters. The van der Waals surface area contributed by atoms with E-state index in [-0.39, 0.29) is 0 Å². The first-order valence-electron chi connectivity index (χ1n) is 22.1. The van der Waals surface area contributed by atoms with E-state index in [0.29, 0.717) is 0 Å². The van der Waals surface area contributed by atoms with Crippen molar-refractivity contribution in [3.63, 3.8) is 0 Å². The smallest absolute Gasteiger partial charge is 0.0725 e. The third-order valence-electron chi connectivity index (χ3n) is 13.5. The molecule has 1 spiro atoms. The van der Waals surface area contributed by atoms with Crippen molar-refractivity contribution in [3.05, 3.63) is 277 Å². The summed E-state index contributed by atoms with van der Waals surface area (Å²) in [6.45, 7) is 3.99. The Morgan fingerprint density at radius 3 is 1.17 bits per heavy atom. The van der Waals surface area contributed by atoms with E-state index in [1.807, 2.05) is 6.08 Å². The lowest BCUT2D eigenvalue weighted by molar-refractivity contribution is 0.794. The number of fused-ring (bicyclic) bond motifs is 10. The van der Waals surface area contributed by atoms with E-state index in [9.17, 15) is 0 Å². The van der Waals surface area contributed by atoms with Gasteiger partial charge < -0.3 is 4.90 Å². The summed E-state index contributed by atoms with van der Waals surface area (Å²) in [7, 11) is 0. The zero-order valence-corrected chi connectivity index (χ0v) is 35.3. The lowest BCUT2D eigenvalue weighted by Gasteiger charge is -2.31. The lowest BCUT2D eigenvalue weighted by atomic mass is 9.70. The van der Waals surface area contributed by atoms with Crippen LogP contribution in [0, 0.1) is 0 Å². The highest BCUT2D eigenvalue weighted by molar-refractivity contribution is 5.97. The van der Waals surface area contributed by atoms with Gasteiger partial charge in [0.1, 0.15) is 0 Å². The van der Waals surface area contributed by atoms with Gasteiger partial charge in [0, 0.05) is 17.1 Å². The summed E-state index contributed by atoms with van der Waals surface area (Å²) in [5.41, 5.74) is 24.0. The van der Waals surface area contributed by atoms with Gasteiger partial charge >= 0.3 is 0 Å². The zero-order valence-electron chi connectivity index (χ0n) is 35.3. The molecule has 0 aromatic heterocycles. The Bertz CT molecular complexity index is 3270. The van der Waals surface area contributed by atoms with Gasteiger partial charge in [-0.2, -0.15) is 0 Å². The molecule has 0 saturated carbocycles. The predicted molar refractivity (Wildman–Crippen MR) is 269 cm³/mol. The van der Waals surface area contributed by atoms with E-state index < -0.39 is 5.41 Å². The zero-order chi connectivity index (χ0) is 42.6. The van der Waals surface area contributed by atoms with Gasteiger partial charge in [0.05, 0.1) is 5.41 Å². The Labute approximate surface area is 375 Å². The van der Waals surface area contributed by atoms with Crippen molar-refractivity contribution < 1.29 is 0 Å². The van der Waals surface area contributed by atoms with Crippen LogP contribution in [0.3, 0.4) is 0 Å². The second kappa shape index (κ2) is 15.3. The van der Waals surface area contributed by atoms with Gasteiger partial charge in [0.15, 0.2) is 0 Å². The number of benzene rings is 10.